The lowest BCUT2D eigenvalue weighted by Crippen LogP contribution is -2.10. The Bertz CT molecular complexity index is 985. The van der Waals surface area contributed by atoms with Crippen LogP contribution in [-0.4, -0.2) is 5.91 Å². The Morgan fingerprint density at radius 1 is 1.04 bits per heavy atom. The molecular weight excluding hydrogens is 336 g/mol. The molecule has 0 radical (unpaired) electrons. The van der Waals surface area contributed by atoms with Crippen LogP contribution in [0.15, 0.2) is 52.9 Å². The Kier molecular flexibility index (Phi) is 5.42. The minimum atomic E-state index is -0.286. The van der Waals surface area contributed by atoms with E-state index in [9.17, 15) is 4.79 Å². The Balaban J connectivity index is 1.70. The predicted octanol–water partition coefficient (Wildman–Crippen LogP) is 5.11. The second-order valence-corrected chi connectivity index (χ2v) is 6.81. The van der Waals surface area contributed by atoms with Crippen LogP contribution in [0.3, 0.4) is 0 Å². The first-order valence-corrected chi connectivity index (χ1v) is 8.89. The molecule has 2 aromatic carbocycles. The molecule has 0 atom stereocenters. The van der Waals surface area contributed by atoms with Crippen LogP contribution in [0.1, 0.15) is 44.1 Å². The lowest BCUT2D eigenvalue weighted by molar-refractivity contribution is 0.0995. The molecule has 3 rings (SSSR count). The molecule has 1 aromatic heterocycles. The van der Waals surface area contributed by atoms with Gasteiger partial charge in [-0.1, -0.05) is 29.8 Å². The normalized spacial score (nSPS) is 10.4. The van der Waals surface area contributed by atoms with Crippen LogP contribution in [0.4, 0.5) is 5.69 Å². The van der Waals surface area contributed by atoms with E-state index in [1.54, 1.807) is 18.2 Å². The van der Waals surface area contributed by atoms with E-state index in [4.69, 9.17) is 9.68 Å². The summed E-state index contributed by atoms with van der Waals surface area (Å²) in [5.41, 5.74) is 6.52. The maximum atomic E-state index is 12.4. The van der Waals surface area contributed by atoms with E-state index in [1.165, 1.54) is 22.3 Å². The van der Waals surface area contributed by atoms with Crippen molar-refractivity contribution in [3.63, 3.8) is 0 Å². The summed E-state index contributed by atoms with van der Waals surface area (Å²) in [7, 11) is 0. The average Bonchev–Trinajstić information content (AvgIpc) is 3.09. The molecule has 0 saturated heterocycles. The summed E-state index contributed by atoms with van der Waals surface area (Å²) < 4.78 is 5.77. The van der Waals surface area contributed by atoms with Crippen molar-refractivity contribution in [1.82, 2.24) is 0 Å². The Labute approximate surface area is 159 Å². The van der Waals surface area contributed by atoms with Crippen molar-refractivity contribution in [2.24, 2.45) is 0 Å². The summed E-state index contributed by atoms with van der Waals surface area (Å²) >= 11 is 0. The zero-order chi connectivity index (χ0) is 19.4. The van der Waals surface area contributed by atoms with E-state index in [0.29, 0.717) is 18.5 Å². The van der Waals surface area contributed by atoms with E-state index < -0.39 is 0 Å². The van der Waals surface area contributed by atoms with Crippen molar-refractivity contribution in [3.05, 3.63) is 87.9 Å². The number of nitriles is 1. The van der Waals surface area contributed by atoms with Crippen molar-refractivity contribution in [1.29, 1.82) is 5.26 Å². The number of aryl methyl sites for hydroxylation is 3. The third kappa shape index (κ3) is 4.45. The van der Waals surface area contributed by atoms with Gasteiger partial charge in [0.05, 0.1) is 12.5 Å². The largest absolute Gasteiger partial charge is 0.456 e. The minimum absolute atomic E-state index is 0.286. The van der Waals surface area contributed by atoms with Crippen LogP contribution in [-0.2, 0) is 12.8 Å². The Hall–Kier alpha value is -3.32. The molecule has 1 heterocycles. The lowest BCUT2D eigenvalue weighted by atomic mass is 9.97. The highest BCUT2D eigenvalue weighted by Crippen LogP contribution is 2.22. The summed E-state index contributed by atoms with van der Waals surface area (Å²) in [5.74, 6) is 0.764. The number of benzene rings is 2. The van der Waals surface area contributed by atoms with Crippen LogP contribution in [0, 0.1) is 32.1 Å². The summed E-state index contributed by atoms with van der Waals surface area (Å²) in [6.45, 7) is 6.29. The topological polar surface area (TPSA) is 66.0 Å². The van der Waals surface area contributed by atoms with E-state index >= 15 is 0 Å². The van der Waals surface area contributed by atoms with Gasteiger partial charge in [-0.2, -0.15) is 5.26 Å². The van der Waals surface area contributed by atoms with E-state index in [1.807, 2.05) is 18.2 Å². The molecule has 0 aliphatic carbocycles. The average molecular weight is 358 g/mol. The van der Waals surface area contributed by atoms with Crippen LogP contribution in [0.25, 0.3) is 0 Å². The Morgan fingerprint density at radius 2 is 1.70 bits per heavy atom. The summed E-state index contributed by atoms with van der Waals surface area (Å²) in [5, 5.41) is 11.5. The van der Waals surface area contributed by atoms with Crippen molar-refractivity contribution in [3.8, 4) is 6.07 Å². The number of furan rings is 1. The van der Waals surface area contributed by atoms with Crippen LogP contribution in [0.5, 0.6) is 0 Å². The van der Waals surface area contributed by atoms with Gasteiger partial charge in [0, 0.05) is 12.1 Å². The summed E-state index contributed by atoms with van der Waals surface area (Å²) in [6, 6.07) is 17.2. The van der Waals surface area contributed by atoms with Gasteiger partial charge in [0.15, 0.2) is 5.76 Å². The van der Waals surface area contributed by atoms with Gasteiger partial charge >= 0.3 is 0 Å². The highest BCUT2D eigenvalue weighted by atomic mass is 16.3. The van der Waals surface area contributed by atoms with Gasteiger partial charge < -0.3 is 9.73 Å². The molecule has 1 amide bonds. The number of carbonyl (C=O) groups excluding carboxylic acids is 1. The first kappa shape index (κ1) is 18.5. The fourth-order valence-electron chi connectivity index (χ4n) is 3.25. The number of hydrogen-bond acceptors (Lipinski definition) is 3. The van der Waals surface area contributed by atoms with Gasteiger partial charge in [-0.05, 0) is 67.3 Å². The van der Waals surface area contributed by atoms with Gasteiger partial charge in [-0.3, -0.25) is 4.79 Å². The lowest BCUT2D eigenvalue weighted by Gasteiger charge is -2.10. The quantitative estimate of drug-likeness (QED) is 0.689. The molecule has 0 bridgehead atoms. The van der Waals surface area contributed by atoms with Gasteiger partial charge in [-0.25, -0.2) is 0 Å². The zero-order valence-corrected chi connectivity index (χ0v) is 15.8. The third-order valence-corrected chi connectivity index (χ3v) is 4.57. The van der Waals surface area contributed by atoms with Crippen LogP contribution >= 0.6 is 0 Å². The van der Waals surface area contributed by atoms with Crippen molar-refractivity contribution in [2.75, 3.05) is 5.32 Å². The smallest absolute Gasteiger partial charge is 0.291 e. The third-order valence-electron chi connectivity index (χ3n) is 4.57. The zero-order valence-electron chi connectivity index (χ0n) is 15.8. The molecule has 0 unspecified atom stereocenters. The SMILES string of the molecule is Cc1cc(C)c(Cc2ccc(C(=O)Nc3ccc(CC#N)cc3)o2)c(C)c1. The van der Waals surface area contributed by atoms with Crippen molar-refractivity contribution in [2.45, 2.75) is 33.6 Å². The maximum Gasteiger partial charge on any atom is 0.291 e. The van der Waals surface area contributed by atoms with Gasteiger partial charge in [0.1, 0.15) is 5.76 Å². The van der Waals surface area contributed by atoms with Gasteiger partial charge in [0.2, 0.25) is 0 Å². The fraction of sp³-hybridized carbons (Fsp3) is 0.217. The van der Waals surface area contributed by atoms with Crippen molar-refractivity contribution < 1.29 is 9.21 Å². The highest BCUT2D eigenvalue weighted by Gasteiger charge is 2.13. The number of hydrogen-bond donors (Lipinski definition) is 1. The molecule has 0 fully saturated rings. The number of anilines is 1. The number of nitrogens with one attached hydrogen (secondary N) is 1. The second-order valence-electron chi connectivity index (χ2n) is 6.81. The van der Waals surface area contributed by atoms with Crippen LogP contribution < -0.4 is 5.32 Å². The molecule has 27 heavy (non-hydrogen) atoms. The molecule has 3 aromatic rings. The van der Waals surface area contributed by atoms with Crippen molar-refractivity contribution >= 4 is 11.6 Å². The molecule has 0 saturated carbocycles. The molecule has 1 N–H and O–H groups in total. The number of nitrogens with zero attached hydrogens (tertiary/aromatic N) is 1. The molecule has 4 nitrogen and oxygen atoms in total. The fourth-order valence-corrected chi connectivity index (χ4v) is 3.25. The van der Waals surface area contributed by atoms with E-state index in [0.717, 1.165) is 11.3 Å². The molecular formula is C23H22N2O2. The standard InChI is InChI=1S/C23H22N2O2/c1-15-12-16(2)21(17(3)13-15)14-20-8-9-22(27-20)23(26)25-19-6-4-18(5-7-19)10-11-24/h4-9,12-13H,10,14H2,1-3H3,(H,25,26). The highest BCUT2D eigenvalue weighted by molar-refractivity contribution is 6.02. The molecule has 4 heteroatoms. The van der Waals surface area contributed by atoms with Crippen LogP contribution in [0.2, 0.25) is 0 Å². The maximum absolute atomic E-state index is 12.4. The second kappa shape index (κ2) is 7.92. The molecule has 0 aliphatic rings. The molecule has 136 valence electrons. The minimum Gasteiger partial charge on any atom is -0.456 e. The molecule has 0 spiro atoms. The number of amides is 1. The Morgan fingerprint density at radius 3 is 2.33 bits per heavy atom. The number of carbonyl (C=O) groups is 1. The van der Waals surface area contributed by atoms with E-state index in [-0.39, 0.29) is 11.7 Å². The first-order valence-electron chi connectivity index (χ1n) is 8.89. The summed E-state index contributed by atoms with van der Waals surface area (Å²) in [4.78, 5) is 12.4. The molecule has 0 aliphatic heterocycles. The monoisotopic (exact) mass is 358 g/mol. The summed E-state index contributed by atoms with van der Waals surface area (Å²) in [6.07, 6.45) is 1.02. The van der Waals surface area contributed by atoms with E-state index in [2.05, 4.69) is 44.3 Å². The number of rotatable bonds is 5. The van der Waals surface area contributed by atoms with Gasteiger partial charge in [-0.15, -0.1) is 0 Å². The first-order chi connectivity index (χ1) is 13.0. The predicted molar refractivity (Wildman–Crippen MR) is 106 cm³/mol. The van der Waals surface area contributed by atoms with Gasteiger partial charge in [0.25, 0.3) is 5.91 Å².